The number of carbonyl (C=O) groups excluding carboxylic acids is 1. The zero-order chi connectivity index (χ0) is 22.1. The molecular weight excluding hydrogens is 420 g/mol. The molecule has 0 aliphatic carbocycles. The normalized spacial score (nSPS) is 19.1. The molecule has 2 aromatic carbocycles. The van der Waals surface area contributed by atoms with Crippen molar-refractivity contribution in [3.8, 4) is 0 Å². The molecule has 6 heteroatoms. The molecule has 1 saturated heterocycles. The Balaban J connectivity index is 1.28. The summed E-state index contributed by atoms with van der Waals surface area (Å²) in [5.41, 5.74) is 4.88. The lowest BCUT2D eigenvalue weighted by atomic mass is 9.99. The molecule has 2 aliphatic rings. The van der Waals surface area contributed by atoms with Crippen molar-refractivity contribution < 1.29 is 4.79 Å². The molecule has 2 aliphatic heterocycles. The summed E-state index contributed by atoms with van der Waals surface area (Å²) in [5, 5.41) is 0.748. The number of carbonyl (C=O) groups is 1. The maximum atomic E-state index is 13.3. The minimum atomic E-state index is 0.107. The lowest BCUT2D eigenvalue weighted by Gasteiger charge is -2.40. The molecule has 5 rings (SSSR count). The molecule has 5 nitrogen and oxygen atoms in total. The smallest absolute Gasteiger partial charge is 0.236 e. The van der Waals surface area contributed by atoms with Crippen LogP contribution in [-0.4, -0.2) is 59.5 Å². The summed E-state index contributed by atoms with van der Waals surface area (Å²) in [6.45, 7) is 7.48. The first kappa shape index (κ1) is 21.1. The Morgan fingerprint density at radius 3 is 2.47 bits per heavy atom. The van der Waals surface area contributed by atoms with Crippen LogP contribution in [0, 0.1) is 6.92 Å². The van der Waals surface area contributed by atoms with E-state index in [0.29, 0.717) is 6.54 Å². The first-order valence-corrected chi connectivity index (χ1v) is 11.7. The van der Waals surface area contributed by atoms with Crippen molar-refractivity contribution in [2.45, 2.75) is 19.5 Å². The number of aryl methyl sites for hydroxylation is 1. The van der Waals surface area contributed by atoms with Crippen molar-refractivity contribution >= 4 is 23.2 Å². The molecule has 1 amide bonds. The molecule has 1 fully saturated rings. The number of aromatic nitrogens is 1. The third kappa shape index (κ3) is 4.27. The Morgan fingerprint density at radius 1 is 0.938 bits per heavy atom. The van der Waals surface area contributed by atoms with Gasteiger partial charge in [-0.1, -0.05) is 47.5 Å². The maximum Gasteiger partial charge on any atom is 0.236 e. The fourth-order valence-corrected chi connectivity index (χ4v) is 5.08. The zero-order valence-corrected chi connectivity index (χ0v) is 19.2. The fourth-order valence-electron chi connectivity index (χ4n) is 4.89. The Bertz CT molecular complexity index is 1090. The van der Waals surface area contributed by atoms with Crippen molar-refractivity contribution in [1.29, 1.82) is 0 Å². The van der Waals surface area contributed by atoms with Crippen LogP contribution in [0.5, 0.6) is 0 Å². The number of piperazine rings is 1. The molecule has 0 saturated carbocycles. The quantitative estimate of drug-likeness (QED) is 0.599. The summed E-state index contributed by atoms with van der Waals surface area (Å²) in [4.78, 5) is 19.9. The van der Waals surface area contributed by atoms with Crippen molar-refractivity contribution in [2.24, 2.45) is 0 Å². The standard InChI is InChI=1S/C26H29ClN4O/c1-20-7-9-21(10-8-20)26-24-6-3-11-29(24)14-17-31(26)19-25(32)30-15-12-28(13-16-30)23-5-2-4-22(27)18-23/h2-11,18,26H,12-17,19H2,1H3. The van der Waals surface area contributed by atoms with Gasteiger partial charge in [0.25, 0.3) is 0 Å². The summed E-state index contributed by atoms with van der Waals surface area (Å²) in [6, 6.07) is 21.1. The van der Waals surface area contributed by atoms with E-state index < -0.39 is 0 Å². The molecule has 0 bridgehead atoms. The highest BCUT2D eigenvalue weighted by Gasteiger charge is 2.32. The molecule has 1 unspecified atom stereocenters. The summed E-state index contributed by atoms with van der Waals surface area (Å²) >= 11 is 6.15. The van der Waals surface area contributed by atoms with Gasteiger partial charge in [0.1, 0.15) is 0 Å². The number of halogens is 1. The summed E-state index contributed by atoms with van der Waals surface area (Å²) < 4.78 is 2.31. The molecular formula is C26H29ClN4O. The SMILES string of the molecule is Cc1ccc(C2c3cccn3CCN2CC(=O)N2CCN(c3cccc(Cl)c3)CC2)cc1. The third-order valence-corrected chi connectivity index (χ3v) is 6.91. The Morgan fingerprint density at radius 2 is 1.72 bits per heavy atom. The molecule has 32 heavy (non-hydrogen) atoms. The largest absolute Gasteiger partial charge is 0.368 e. The van der Waals surface area contributed by atoms with Gasteiger partial charge in [-0.2, -0.15) is 0 Å². The lowest BCUT2D eigenvalue weighted by Crippen LogP contribution is -2.52. The van der Waals surface area contributed by atoms with Crippen molar-refractivity contribution in [3.63, 3.8) is 0 Å². The summed E-state index contributed by atoms with van der Waals surface area (Å²) in [7, 11) is 0. The molecule has 0 N–H and O–H groups in total. The fraction of sp³-hybridized carbons (Fsp3) is 0.346. The summed E-state index contributed by atoms with van der Waals surface area (Å²) in [5.74, 6) is 0.216. The van der Waals surface area contributed by atoms with Gasteiger partial charge in [0, 0.05) is 61.9 Å². The van der Waals surface area contributed by atoms with Crippen molar-refractivity contribution in [1.82, 2.24) is 14.4 Å². The molecule has 1 aromatic heterocycles. The van der Waals surface area contributed by atoms with Crippen LogP contribution in [0.3, 0.4) is 0 Å². The second-order valence-corrected chi connectivity index (χ2v) is 9.19. The second kappa shape index (κ2) is 9.00. The van der Waals surface area contributed by atoms with Crippen LogP contribution < -0.4 is 4.90 Å². The van der Waals surface area contributed by atoms with Gasteiger partial charge in [0.15, 0.2) is 0 Å². The number of hydrogen-bond donors (Lipinski definition) is 0. The van der Waals surface area contributed by atoms with Gasteiger partial charge in [-0.3, -0.25) is 9.69 Å². The second-order valence-electron chi connectivity index (χ2n) is 8.76. The van der Waals surface area contributed by atoms with Gasteiger partial charge in [-0.05, 0) is 42.8 Å². The summed E-state index contributed by atoms with van der Waals surface area (Å²) in [6.07, 6.45) is 2.14. The number of benzene rings is 2. The number of fused-ring (bicyclic) bond motifs is 1. The molecule has 166 valence electrons. The third-order valence-electron chi connectivity index (χ3n) is 6.68. The monoisotopic (exact) mass is 448 g/mol. The topological polar surface area (TPSA) is 31.7 Å². The van der Waals surface area contributed by atoms with E-state index in [1.54, 1.807) is 0 Å². The number of nitrogens with zero attached hydrogens (tertiary/aromatic N) is 4. The highest BCUT2D eigenvalue weighted by molar-refractivity contribution is 6.30. The predicted octanol–water partition coefficient (Wildman–Crippen LogP) is 4.20. The van der Waals surface area contributed by atoms with Crippen LogP contribution in [0.4, 0.5) is 5.69 Å². The Kier molecular flexibility index (Phi) is 5.94. The van der Waals surface area contributed by atoms with Gasteiger partial charge in [0.2, 0.25) is 5.91 Å². The number of amides is 1. The van der Waals surface area contributed by atoms with Crippen LogP contribution in [0.2, 0.25) is 5.02 Å². The van der Waals surface area contributed by atoms with E-state index in [0.717, 1.165) is 50.0 Å². The minimum Gasteiger partial charge on any atom is -0.368 e. The Hall–Kier alpha value is -2.76. The van der Waals surface area contributed by atoms with E-state index >= 15 is 0 Å². The maximum absolute atomic E-state index is 13.3. The first-order valence-electron chi connectivity index (χ1n) is 11.3. The highest BCUT2D eigenvalue weighted by atomic mass is 35.5. The van der Waals surface area contributed by atoms with Gasteiger partial charge in [-0.25, -0.2) is 0 Å². The highest BCUT2D eigenvalue weighted by Crippen LogP contribution is 2.32. The van der Waals surface area contributed by atoms with Gasteiger partial charge < -0.3 is 14.4 Å². The Labute approximate surface area is 194 Å². The van der Waals surface area contributed by atoms with E-state index in [1.165, 1.54) is 16.8 Å². The van der Waals surface area contributed by atoms with Crippen LogP contribution in [0.25, 0.3) is 0 Å². The van der Waals surface area contributed by atoms with E-state index in [1.807, 2.05) is 23.1 Å². The zero-order valence-electron chi connectivity index (χ0n) is 18.5. The van der Waals surface area contributed by atoms with E-state index in [2.05, 4.69) is 70.0 Å². The minimum absolute atomic E-state index is 0.107. The van der Waals surface area contributed by atoms with Gasteiger partial charge in [0.05, 0.1) is 12.6 Å². The molecule has 0 radical (unpaired) electrons. The van der Waals surface area contributed by atoms with Gasteiger partial charge in [-0.15, -0.1) is 0 Å². The molecule has 3 aromatic rings. The van der Waals surface area contributed by atoms with Crippen LogP contribution in [0.1, 0.15) is 22.9 Å². The van der Waals surface area contributed by atoms with E-state index in [9.17, 15) is 4.79 Å². The molecule has 1 atom stereocenters. The molecule has 0 spiro atoms. The number of rotatable bonds is 4. The predicted molar refractivity (Wildman–Crippen MR) is 129 cm³/mol. The van der Waals surface area contributed by atoms with Gasteiger partial charge >= 0.3 is 0 Å². The average molecular weight is 449 g/mol. The molecule has 3 heterocycles. The van der Waals surface area contributed by atoms with Crippen molar-refractivity contribution in [3.05, 3.63) is 88.7 Å². The lowest BCUT2D eigenvalue weighted by molar-refractivity contribution is -0.133. The average Bonchev–Trinajstić information content (AvgIpc) is 3.29. The number of anilines is 1. The first-order chi connectivity index (χ1) is 15.6. The van der Waals surface area contributed by atoms with Crippen LogP contribution in [0.15, 0.2) is 66.9 Å². The number of hydrogen-bond acceptors (Lipinski definition) is 3. The van der Waals surface area contributed by atoms with E-state index in [-0.39, 0.29) is 11.9 Å². The van der Waals surface area contributed by atoms with E-state index in [4.69, 9.17) is 11.6 Å². The van der Waals surface area contributed by atoms with Crippen LogP contribution >= 0.6 is 11.6 Å². The van der Waals surface area contributed by atoms with Crippen molar-refractivity contribution in [2.75, 3.05) is 44.2 Å². The van der Waals surface area contributed by atoms with Crippen LogP contribution in [-0.2, 0) is 11.3 Å².